The van der Waals surface area contributed by atoms with E-state index in [9.17, 15) is 21.6 Å². The fraction of sp³-hybridized carbons (Fsp3) is 0.244. The third kappa shape index (κ3) is 10.8. The Morgan fingerprint density at radius 1 is 0.898 bits per heavy atom. The normalized spacial score (nSPS) is 14.3. The molecule has 0 aliphatic carbocycles. The van der Waals surface area contributed by atoms with Gasteiger partial charge in [0, 0.05) is 52.4 Å². The maximum Gasteiger partial charge on any atom is 0.418 e. The molecular weight excluding hydrogens is 813 g/mol. The molecule has 0 fully saturated rings. The van der Waals surface area contributed by atoms with E-state index in [4.69, 9.17) is 11.6 Å². The molecule has 0 unspecified atom stereocenters. The van der Waals surface area contributed by atoms with Crippen molar-refractivity contribution in [2.24, 2.45) is 0 Å². The minimum atomic E-state index is -4.82. The highest BCUT2D eigenvalue weighted by atomic mass is 35.5. The number of nitrogens with zero attached hydrogens (tertiary/aromatic N) is 4. The average molecular weight is 857 g/mol. The summed E-state index contributed by atoms with van der Waals surface area (Å²) in [5, 5.41) is 4.19. The Hall–Kier alpha value is -4.92. The van der Waals surface area contributed by atoms with Gasteiger partial charge in [-0.25, -0.2) is 18.4 Å². The summed E-state index contributed by atoms with van der Waals surface area (Å²) in [5.41, 5.74) is 4.86. The molecule has 0 saturated carbocycles. The highest BCUT2D eigenvalue weighted by Gasteiger charge is 2.36. The van der Waals surface area contributed by atoms with Crippen molar-refractivity contribution in [2.75, 3.05) is 49.5 Å². The monoisotopic (exact) mass is 856 g/mol. The van der Waals surface area contributed by atoms with Crippen LogP contribution in [0.4, 0.5) is 24.7 Å². The van der Waals surface area contributed by atoms with Gasteiger partial charge in [0.15, 0.2) is 5.82 Å². The van der Waals surface area contributed by atoms with Crippen LogP contribution in [0.1, 0.15) is 29.5 Å². The Labute approximate surface area is 352 Å². The number of thioether (sulfide) groups is 1. The Balaban J connectivity index is 1.06. The van der Waals surface area contributed by atoms with Crippen molar-refractivity contribution < 1.29 is 21.6 Å². The second kappa shape index (κ2) is 18.6. The van der Waals surface area contributed by atoms with Crippen LogP contribution >= 0.6 is 23.4 Å². The van der Waals surface area contributed by atoms with Gasteiger partial charge in [-0.2, -0.15) is 13.2 Å². The van der Waals surface area contributed by atoms with E-state index in [0.29, 0.717) is 40.7 Å². The number of rotatable bonds is 15. The summed E-state index contributed by atoms with van der Waals surface area (Å²) in [7, 11) is -0.676. The van der Waals surface area contributed by atoms with E-state index in [2.05, 4.69) is 49.2 Å². The number of halogens is 4. The predicted octanol–water partition coefficient (Wildman–Crippen LogP) is 10.6. The third-order valence-corrected chi connectivity index (χ3v) is 12.9. The largest absolute Gasteiger partial charge is 0.418 e. The minimum absolute atomic E-state index is 0.0258. The van der Waals surface area contributed by atoms with Crippen LogP contribution in [-0.2, 0) is 22.7 Å². The predicted molar refractivity (Wildman–Crippen MR) is 234 cm³/mol. The van der Waals surface area contributed by atoms with E-state index in [1.807, 2.05) is 91.8 Å². The molecule has 59 heavy (non-hydrogen) atoms. The molecular formula is C45H44ClF3N6O2S2. The maximum atomic E-state index is 14.6. The first-order valence-corrected chi connectivity index (χ1v) is 22.0. The molecule has 0 spiro atoms. The van der Waals surface area contributed by atoms with Crippen LogP contribution in [-0.4, -0.2) is 73.7 Å². The van der Waals surface area contributed by atoms with Crippen molar-refractivity contribution in [3.8, 4) is 11.1 Å². The zero-order chi connectivity index (χ0) is 41.6. The van der Waals surface area contributed by atoms with Crippen molar-refractivity contribution in [3.63, 3.8) is 0 Å². The molecule has 0 bridgehead atoms. The summed E-state index contributed by atoms with van der Waals surface area (Å²) in [5.74, 6) is 0.484. The quantitative estimate of drug-likeness (QED) is 0.0987. The van der Waals surface area contributed by atoms with Gasteiger partial charge in [0.1, 0.15) is 6.33 Å². The zero-order valence-corrected chi connectivity index (χ0v) is 35.0. The molecule has 0 amide bonds. The molecule has 14 heteroatoms. The van der Waals surface area contributed by atoms with Crippen molar-refractivity contribution in [2.45, 2.75) is 41.4 Å². The van der Waals surface area contributed by atoms with Gasteiger partial charge in [0.05, 0.1) is 16.0 Å². The number of nitrogens with one attached hydrogen (secondary N) is 2. The third-order valence-electron chi connectivity index (χ3n) is 10.2. The van der Waals surface area contributed by atoms with Crippen LogP contribution in [0.2, 0.25) is 5.02 Å². The van der Waals surface area contributed by atoms with Gasteiger partial charge in [-0.3, -0.25) is 9.62 Å². The average Bonchev–Trinajstić information content (AvgIpc) is 3.22. The van der Waals surface area contributed by atoms with E-state index >= 15 is 0 Å². The number of hydrogen-bond acceptors (Lipinski definition) is 8. The summed E-state index contributed by atoms with van der Waals surface area (Å²) in [6, 6.07) is 34.1. The lowest BCUT2D eigenvalue weighted by atomic mass is 9.96. The minimum Gasteiger partial charge on any atom is -0.381 e. The highest BCUT2D eigenvalue weighted by Crippen LogP contribution is 2.38. The second-order valence-electron chi connectivity index (χ2n) is 14.7. The summed E-state index contributed by atoms with van der Waals surface area (Å²) in [4.78, 5) is 13.4. The van der Waals surface area contributed by atoms with Crippen molar-refractivity contribution >= 4 is 61.4 Å². The lowest BCUT2D eigenvalue weighted by molar-refractivity contribution is -0.137. The van der Waals surface area contributed by atoms with Crippen molar-refractivity contribution in [3.05, 3.63) is 149 Å². The molecule has 7 rings (SSSR count). The van der Waals surface area contributed by atoms with Gasteiger partial charge in [-0.05, 0) is 116 Å². The van der Waals surface area contributed by atoms with Crippen molar-refractivity contribution in [1.82, 2.24) is 19.8 Å². The van der Waals surface area contributed by atoms with E-state index < -0.39 is 26.7 Å². The molecule has 0 radical (unpaired) electrons. The fourth-order valence-electron chi connectivity index (χ4n) is 7.05. The Morgan fingerprint density at radius 2 is 1.64 bits per heavy atom. The molecule has 1 aromatic heterocycles. The first kappa shape index (κ1) is 42.2. The van der Waals surface area contributed by atoms with Gasteiger partial charge in [0.2, 0.25) is 0 Å². The van der Waals surface area contributed by atoms with Crippen LogP contribution < -0.4 is 10.0 Å². The molecule has 8 nitrogen and oxygen atoms in total. The zero-order valence-electron chi connectivity index (χ0n) is 32.6. The van der Waals surface area contributed by atoms with Crippen molar-refractivity contribution in [1.29, 1.82) is 0 Å². The van der Waals surface area contributed by atoms with E-state index in [-0.39, 0.29) is 17.5 Å². The first-order valence-electron chi connectivity index (χ1n) is 19.2. The number of fused-ring (bicyclic) bond motifs is 1. The maximum absolute atomic E-state index is 14.6. The van der Waals surface area contributed by atoms with E-state index in [1.54, 1.807) is 17.8 Å². The van der Waals surface area contributed by atoms with Crippen LogP contribution in [0.25, 0.3) is 27.6 Å². The van der Waals surface area contributed by atoms with Gasteiger partial charge in [0.25, 0.3) is 10.0 Å². The molecule has 1 atom stereocenters. The Morgan fingerprint density at radius 3 is 2.37 bits per heavy atom. The molecule has 2 heterocycles. The molecule has 306 valence electrons. The second-order valence-corrected chi connectivity index (χ2v) is 17.9. The van der Waals surface area contributed by atoms with Gasteiger partial charge in [-0.15, -0.1) is 11.8 Å². The van der Waals surface area contributed by atoms with Crippen LogP contribution in [0.5, 0.6) is 0 Å². The van der Waals surface area contributed by atoms with Crippen LogP contribution in [0.15, 0.2) is 137 Å². The summed E-state index contributed by atoms with van der Waals surface area (Å²) in [6.07, 6.45) is -0.00572. The number of alkyl halides is 3. The highest BCUT2D eigenvalue weighted by molar-refractivity contribution is 7.99. The molecule has 0 saturated heterocycles. The smallest absolute Gasteiger partial charge is 0.381 e. The van der Waals surface area contributed by atoms with E-state index in [0.717, 1.165) is 47.7 Å². The topological polar surface area (TPSA) is 90.5 Å². The first-order chi connectivity index (χ1) is 28.3. The Bertz CT molecular complexity index is 2540. The lowest BCUT2D eigenvalue weighted by Gasteiger charge is -2.27. The SMILES string of the molecule is CN(C)CC[C@H](CSc1ccccc1)Nc1ccc(S(=O)(=O)Nc2ncnc3cc(C4=CCN(Cc5ccccc5-c5ccc(Cl)cc5)CC4)ccc23)cc1C(F)(F)F. The Kier molecular flexibility index (Phi) is 13.3. The van der Waals surface area contributed by atoms with Crippen LogP contribution in [0.3, 0.4) is 0 Å². The number of benzene rings is 5. The van der Waals surface area contributed by atoms with E-state index in [1.165, 1.54) is 29.6 Å². The number of aromatic nitrogens is 2. The summed E-state index contributed by atoms with van der Waals surface area (Å²) < 4.78 is 73.5. The number of sulfonamides is 1. The standard InChI is InChI=1S/C45H44ClF3N6O2S2/c1-54(2)23-22-36(29-58-37-9-4-3-5-10-37)52-42-19-17-38(27-41(42)45(47,48)49)59(56,57)53-44-40-18-14-33(26-43(40)50-30-51-44)31-20-24-55(25-21-31)28-34-8-6-7-11-39(34)32-12-15-35(46)16-13-32/h3-20,26-27,30,36,52H,21-25,28-29H2,1-2H3,(H,50,51,53)/t36-/m1/s1. The molecule has 2 N–H and O–H groups in total. The summed E-state index contributed by atoms with van der Waals surface area (Å²) in [6.45, 7) is 3.02. The lowest BCUT2D eigenvalue weighted by Crippen LogP contribution is -2.29. The van der Waals surface area contributed by atoms with Gasteiger partial charge >= 0.3 is 6.18 Å². The number of anilines is 2. The molecule has 5 aromatic carbocycles. The van der Waals surface area contributed by atoms with Crippen LogP contribution in [0, 0.1) is 0 Å². The van der Waals surface area contributed by atoms with Gasteiger partial charge < -0.3 is 10.2 Å². The molecule has 1 aliphatic heterocycles. The fourth-order valence-corrected chi connectivity index (χ4v) is 9.22. The van der Waals surface area contributed by atoms with Gasteiger partial charge in [-0.1, -0.05) is 78.3 Å². The molecule has 6 aromatic rings. The number of hydrogen-bond donors (Lipinski definition) is 2. The molecule has 1 aliphatic rings. The summed E-state index contributed by atoms with van der Waals surface area (Å²) >= 11 is 7.67.